The summed E-state index contributed by atoms with van der Waals surface area (Å²) in [6.07, 6.45) is -31.4. The molecule has 23 nitrogen and oxygen atoms in total. The van der Waals surface area contributed by atoms with E-state index in [4.69, 9.17) is 33.2 Å². The van der Waals surface area contributed by atoms with E-state index in [1.807, 2.05) is 0 Å². The van der Waals surface area contributed by atoms with E-state index in [1.54, 1.807) is 0 Å². The summed E-state index contributed by atoms with van der Waals surface area (Å²) in [6.45, 7) is -1.30. The monoisotopic (exact) mass is 748 g/mol. The summed E-state index contributed by atoms with van der Waals surface area (Å²) in [5, 5.41) is 130. The molecule has 0 unspecified atom stereocenters. The number of hydrogen-bond donors (Lipinski definition) is 14. The molecule has 0 aromatic carbocycles. The molecule has 23 heteroatoms. The SMILES string of the molecule is CC(=O)N[C@@H]1[C@@H](O)[C@H](O[C@@H]2O[C@H](CO)[C@H](O)[C@H](O[C@@H]3O[C@H](CO)[C@@H](O[C@@H]4O[C@H](CO)[C@H](O)[C@H](O)[C@H]4O)[C@H](O)[C@H]3NC(C)=O)[C@H]2O)[C@@H](CO)O[C@H]1O. The van der Waals surface area contributed by atoms with E-state index >= 15 is 0 Å². The van der Waals surface area contributed by atoms with Crippen LogP contribution < -0.4 is 10.6 Å². The van der Waals surface area contributed by atoms with E-state index in [2.05, 4.69) is 10.6 Å². The number of ether oxygens (including phenoxy) is 7. The van der Waals surface area contributed by atoms with Gasteiger partial charge in [-0.25, -0.2) is 0 Å². The smallest absolute Gasteiger partial charge is 0.217 e. The van der Waals surface area contributed by atoms with Crippen molar-refractivity contribution in [3.63, 3.8) is 0 Å². The second kappa shape index (κ2) is 18.0. The number of aliphatic hydroxyl groups is 12. The van der Waals surface area contributed by atoms with Gasteiger partial charge in [-0.05, 0) is 0 Å². The van der Waals surface area contributed by atoms with Crippen molar-refractivity contribution in [3.8, 4) is 0 Å². The van der Waals surface area contributed by atoms with Crippen LogP contribution >= 0.6 is 0 Å². The van der Waals surface area contributed by atoms with Crippen LogP contribution in [0.2, 0.25) is 0 Å². The maximum atomic E-state index is 12.2. The number of aliphatic hydroxyl groups excluding tert-OH is 12. The zero-order valence-electron chi connectivity index (χ0n) is 27.4. The lowest BCUT2D eigenvalue weighted by atomic mass is 9.94. The molecule has 0 aromatic heterocycles. The van der Waals surface area contributed by atoms with E-state index in [0.717, 1.165) is 13.8 Å². The molecule has 4 saturated heterocycles. The molecule has 0 aliphatic carbocycles. The second-order valence-corrected chi connectivity index (χ2v) is 12.6. The molecular formula is C28H48N2O21. The third-order valence-electron chi connectivity index (χ3n) is 9.01. The molecule has 4 heterocycles. The van der Waals surface area contributed by atoms with Gasteiger partial charge in [-0.1, -0.05) is 0 Å². The number of amides is 2. The molecule has 4 fully saturated rings. The fourth-order valence-electron chi connectivity index (χ4n) is 6.35. The summed E-state index contributed by atoms with van der Waals surface area (Å²) in [7, 11) is 0. The number of carbonyl (C=O) groups is 2. The van der Waals surface area contributed by atoms with Gasteiger partial charge >= 0.3 is 0 Å². The summed E-state index contributed by atoms with van der Waals surface area (Å²) in [5.74, 6) is -1.43. The van der Waals surface area contributed by atoms with Gasteiger partial charge in [0.1, 0.15) is 97.5 Å². The van der Waals surface area contributed by atoms with Crippen molar-refractivity contribution < 1.29 is 104 Å². The third-order valence-corrected chi connectivity index (χ3v) is 9.01. The van der Waals surface area contributed by atoms with Crippen LogP contribution in [0.3, 0.4) is 0 Å². The summed E-state index contributed by atoms with van der Waals surface area (Å²) in [6, 6.07) is -3.09. The van der Waals surface area contributed by atoms with Crippen LogP contribution in [-0.2, 0) is 42.7 Å². The molecule has 20 atom stereocenters. The Bertz CT molecular complexity index is 1140. The summed E-state index contributed by atoms with van der Waals surface area (Å²) >= 11 is 0. The van der Waals surface area contributed by atoms with Crippen LogP contribution in [0.1, 0.15) is 13.8 Å². The lowest BCUT2D eigenvalue weighted by Crippen LogP contribution is -2.70. The van der Waals surface area contributed by atoms with Crippen LogP contribution in [0.25, 0.3) is 0 Å². The molecule has 4 rings (SSSR count). The molecule has 0 aromatic rings. The predicted molar refractivity (Wildman–Crippen MR) is 157 cm³/mol. The van der Waals surface area contributed by atoms with Crippen molar-refractivity contribution in [1.82, 2.24) is 10.6 Å². The van der Waals surface area contributed by atoms with E-state index in [9.17, 15) is 70.9 Å². The molecular weight excluding hydrogens is 700 g/mol. The second-order valence-electron chi connectivity index (χ2n) is 12.6. The van der Waals surface area contributed by atoms with E-state index in [0.29, 0.717) is 0 Å². The molecule has 14 N–H and O–H groups in total. The van der Waals surface area contributed by atoms with Crippen molar-refractivity contribution in [3.05, 3.63) is 0 Å². The minimum Gasteiger partial charge on any atom is -0.394 e. The molecule has 51 heavy (non-hydrogen) atoms. The highest BCUT2D eigenvalue weighted by atomic mass is 16.8. The lowest BCUT2D eigenvalue weighted by Gasteiger charge is -2.50. The largest absolute Gasteiger partial charge is 0.394 e. The van der Waals surface area contributed by atoms with Gasteiger partial charge in [-0.3, -0.25) is 9.59 Å². The highest BCUT2D eigenvalue weighted by Gasteiger charge is 2.55. The van der Waals surface area contributed by atoms with Crippen LogP contribution in [0.5, 0.6) is 0 Å². The standard InChI is InChI=1S/C28H48N2O21/c1-7(35)29-13-17(39)22(11(5-33)45-25(13)44)50-28-21(43)24(16(38)10(4-32)47-28)51-26-14(30-8(2)36)18(40)23(12(6-34)48-26)49-27-20(42)19(41)15(37)9(3-31)46-27/h9-28,31-34,37-44H,3-6H2,1-2H3,(H,29,35)(H,30,36)/t9-,10-,11-,12-,13-,14-,15+,16+,17-,18-,19+,20-,21-,22-,23-,24+,25-,26+,27+,28+/m1/s1. The Morgan fingerprint density at radius 3 is 1.39 bits per heavy atom. The number of nitrogens with one attached hydrogen (secondary N) is 2. The van der Waals surface area contributed by atoms with E-state index in [1.165, 1.54) is 0 Å². The first-order chi connectivity index (χ1) is 24.1. The van der Waals surface area contributed by atoms with Gasteiger partial charge in [0.15, 0.2) is 25.2 Å². The number of hydrogen-bond acceptors (Lipinski definition) is 21. The lowest BCUT2D eigenvalue weighted by molar-refractivity contribution is -0.377. The Morgan fingerprint density at radius 1 is 0.471 bits per heavy atom. The number of rotatable bonds is 12. The first-order valence-corrected chi connectivity index (χ1v) is 16.1. The predicted octanol–water partition coefficient (Wildman–Crippen LogP) is -9.46. The van der Waals surface area contributed by atoms with Gasteiger partial charge < -0.3 is 105 Å². The van der Waals surface area contributed by atoms with E-state index < -0.39 is 161 Å². The normalized spacial score (nSPS) is 47.8. The molecule has 0 radical (unpaired) electrons. The molecule has 0 saturated carbocycles. The first kappa shape index (κ1) is 41.9. The first-order valence-electron chi connectivity index (χ1n) is 16.1. The Kier molecular flexibility index (Phi) is 14.8. The fraction of sp³-hybridized carbons (Fsp3) is 0.929. The van der Waals surface area contributed by atoms with E-state index in [-0.39, 0.29) is 0 Å². The van der Waals surface area contributed by atoms with Gasteiger partial charge in [0.2, 0.25) is 11.8 Å². The highest BCUT2D eigenvalue weighted by Crippen LogP contribution is 2.34. The summed E-state index contributed by atoms with van der Waals surface area (Å²) in [4.78, 5) is 23.9. The molecule has 4 aliphatic heterocycles. The fourth-order valence-corrected chi connectivity index (χ4v) is 6.35. The third kappa shape index (κ3) is 9.11. The molecule has 296 valence electrons. The molecule has 4 aliphatic rings. The Morgan fingerprint density at radius 2 is 0.882 bits per heavy atom. The summed E-state index contributed by atoms with van der Waals surface area (Å²) in [5.41, 5.74) is 0. The summed E-state index contributed by atoms with van der Waals surface area (Å²) < 4.78 is 39.1. The van der Waals surface area contributed by atoms with Crippen molar-refractivity contribution in [2.45, 2.75) is 137 Å². The topological polar surface area (TPSA) is 366 Å². The Balaban J connectivity index is 1.57. The van der Waals surface area contributed by atoms with Gasteiger partial charge in [-0.2, -0.15) is 0 Å². The van der Waals surface area contributed by atoms with Gasteiger partial charge in [0.05, 0.1) is 26.4 Å². The van der Waals surface area contributed by atoms with Crippen LogP contribution in [0.4, 0.5) is 0 Å². The Hall–Kier alpha value is -1.82. The number of carbonyl (C=O) groups excluding carboxylic acids is 2. The molecule has 0 spiro atoms. The highest BCUT2D eigenvalue weighted by molar-refractivity contribution is 5.73. The van der Waals surface area contributed by atoms with Crippen molar-refractivity contribution in [2.24, 2.45) is 0 Å². The van der Waals surface area contributed by atoms with Crippen LogP contribution in [-0.4, -0.2) is 222 Å². The zero-order valence-corrected chi connectivity index (χ0v) is 27.4. The molecule has 2 amide bonds. The maximum absolute atomic E-state index is 12.2. The van der Waals surface area contributed by atoms with Gasteiger partial charge in [-0.15, -0.1) is 0 Å². The van der Waals surface area contributed by atoms with Crippen LogP contribution in [0, 0.1) is 0 Å². The van der Waals surface area contributed by atoms with Gasteiger partial charge in [0.25, 0.3) is 0 Å². The minimum atomic E-state index is -2.03. The van der Waals surface area contributed by atoms with Gasteiger partial charge in [0, 0.05) is 13.8 Å². The zero-order chi connectivity index (χ0) is 37.9. The average Bonchev–Trinajstić information content (AvgIpc) is 3.09. The average molecular weight is 749 g/mol. The van der Waals surface area contributed by atoms with Crippen molar-refractivity contribution in [2.75, 3.05) is 26.4 Å². The Labute approximate surface area is 289 Å². The maximum Gasteiger partial charge on any atom is 0.217 e. The quantitative estimate of drug-likeness (QED) is 0.0881. The minimum absolute atomic E-state index is 0.667. The molecule has 0 bridgehead atoms. The van der Waals surface area contributed by atoms with Crippen molar-refractivity contribution >= 4 is 11.8 Å². The van der Waals surface area contributed by atoms with Crippen molar-refractivity contribution in [1.29, 1.82) is 0 Å². The van der Waals surface area contributed by atoms with Crippen LogP contribution in [0.15, 0.2) is 0 Å².